The fourth-order valence-electron chi connectivity index (χ4n) is 1.69. The van der Waals surface area contributed by atoms with Gasteiger partial charge in [0.25, 0.3) is 0 Å². The van der Waals surface area contributed by atoms with Crippen molar-refractivity contribution in [1.29, 1.82) is 0 Å². The van der Waals surface area contributed by atoms with Crippen LogP contribution in [0.25, 0.3) is 0 Å². The van der Waals surface area contributed by atoms with Gasteiger partial charge in [0, 0.05) is 11.8 Å². The number of carbonyl (C=O) groups is 1. The number of hydrogen-bond donors (Lipinski definition) is 2. The third-order valence-corrected chi connectivity index (χ3v) is 2.71. The highest BCUT2D eigenvalue weighted by molar-refractivity contribution is 5.98. The Hall–Kier alpha value is -2.63. The van der Waals surface area contributed by atoms with Crippen LogP contribution in [-0.4, -0.2) is 13.1 Å². The van der Waals surface area contributed by atoms with Crippen LogP contribution in [0.3, 0.4) is 0 Å². The van der Waals surface area contributed by atoms with Gasteiger partial charge in [0.2, 0.25) is 0 Å². The molecule has 0 aliphatic heterocycles. The molecule has 0 spiro atoms. The van der Waals surface area contributed by atoms with Crippen molar-refractivity contribution in [2.24, 2.45) is 0 Å². The smallest absolute Gasteiger partial charge is 0.340 e. The van der Waals surface area contributed by atoms with E-state index in [-0.39, 0.29) is 11.3 Å². The molecule has 104 valence electrons. The Bertz CT molecular complexity index is 660. The van der Waals surface area contributed by atoms with E-state index in [4.69, 9.17) is 5.73 Å². The summed E-state index contributed by atoms with van der Waals surface area (Å²) in [5.41, 5.74) is 6.93. The molecule has 0 radical (unpaired) electrons. The molecule has 2 aromatic rings. The number of hydrogen-bond acceptors (Lipinski definition) is 4. The average molecular weight is 278 g/mol. The summed E-state index contributed by atoms with van der Waals surface area (Å²) in [6.07, 6.45) is 0. The molecule has 0 bridgehead atoms. The highest BCUT2D eigenvalue weighted by Crippen LogP contribution is 2.27. The van der Waals surface area contributed by atoms with E-state index >= 15 is 0 Å². The molecule has 0 saturated carbocycles. The lowest BCUT2D eigenvalue weighted by atomic mass is 10.1. The Morgan fingerprint density at radius 3 is 2.60 bits per heavy atom. The van der Waals surface area contributed by atoms with Crippen LogP contribution >= 0.6 is 0 Å². The van der Waals surface area contributed by atoms with Crippen LogP contribution in [0.5, 0.6) is 0 Å². The molecule has 20 heavy (non-hydrogen) atoms. The molecule has 3 N–H and O–H groups in total. The van der Waals surface area contributed by atoms with Gasteiger partial charge in [0.15, 0.2) is 11.6 Å². The largest absolute Gasteiger partial charge is 0.465 e. The fourth-order valence-corrected chi connectivity index (χ4v) is 1.69. The Morgan fingerprint density at radius 1 is 1.20 bits per heavy atom. The van der Waals surface area contributed by atoms with E-state index in [0.717, 1.165) is 12.1 Å². The molecule has 0 aliphatic rings. The molecule has 4 nitrogen and oxygen atoms in total. The molecule has 0 saturated heterocycles. The van der Waals surface area contributed by atoms with Gasteiger partial charge in [-0.25, -0.2) is 13.6 Å². The van der Waals surface area contributed by atoms with E-state index in [1.165, 1.54) is 19.2 Å². The number of nitrogen functional groups attached to an aromatic ring is 1. The molecule has 2 rings (SSSR count). The van der Waals surface area contributed by atoms with Crippen LogP contribution in [-0.2, 0) is 4.74 Å². The molecular weight excluding hydrogens is 266 g/mol. The Morgan fingerprint density at radius 2 is 1.95 bits per heavy atom. The molecule has 0 aromatic heterocycles. The second-order valence-corrected chi connectivity index (χ2v) is 4.01. The third kappa shape index (κ3) is 2.69. The number of nitrogens with one attached hydrogen (secondary N) is 1. The number of esters is 1. The van der Waals surface area contributed by atoms with E-state index in [0.29, 0.717) is 11.4 Å². The van der Waals surface area contributed by atoms with Crippen molar-refractivity contribution < 1.29 is 18.3 Å². The summed E-state index contributed by atoms with van der Waals surface area (Å²) in [5.74, 6) is -2.49. The zero-order valence-corrected chi connectivity index (χ0v) is 10.6. The third-order valence-electron chi connectivity index (χ3n) is 2.71. The summed E-state index contributed by atoms with van der Waals surface area (Å²) < 4.78 is 30.6. The Kier molecular flexibility index (Phi) is 3.84. The quantitative estimate of drug-likeness (QED) is 0.669. The monoisotopic (exact) mass is 278 g/mol. The van der Waals surface area contributed by atoms with Crippen LogP contribution < -0.4 is 11.1 Å². The van der Waals surface area contributed by atoms with Gasteiger partial charge in [-0.1, -0.05) is 6.07 Å². The van der Waals surface area contributed by atoms with E-state index in [1.807, 2.05) is 0 Å². The van der Waals surface area contributed by atoms with E-state index < -0.39 is 17.6 Å². The normalized spacial score (nSPS) is 10.2. The van der Waals surface area contributed by atoms with E-state index in [2.05, 4.69) is 10.1 Å². The van der Waals surface area contributed by atoms with Crippen molar-refractivity contribution in [3.63, 3.8) is 0 Å². The van der Waals surface area contributed by atoms with Crippen molar-refractivity contribution in [2.75, 3.05) is 18.2 Å². The summed E-state index contributed by atoms with van der Waals surface area (Å²) in [5, 5.41) is 2.82. The number of benzene rings is 2. The second-order valence-electron chi connectivity index (χ2n) is 4.01. The van der Waals surface area contributed by atoms with Gasteiger partial charge in [-0.05, 0) is 24.3 Å². The molecule has 0 atom stereocenters. The van der Waals surface area contributed by atoms with Gasteiger partial charge in [-0.15, -0.1) is 0 Å². The highest BCUT2D eigenvalue weighted by Gasteiger charge is 2.13. The lowest BCUT2D eigenvalue weighted by molar-refractivity contribution is 0.0602. The lowest BCUT2D eigenvalue weighted by Gasteiger charge is -2.12. The van der Waals surface area contributed by atoms with Crippen molar-refractivity contribution >= 4 is 23.0 Å². The number of ether oxygens (including phenoxy) is 1. The first-order valence-corrected chi connectivity index (χ1v) is 5.72. The first-order valence-electron chi connectivity index (χ1n) is 5.72. The Labute approximate surface area is 114 Å². The molecule has 0 heterocycles. The summed E-state index contributed by atoms with van der Waals surface area (Å²) >= 11 is 0. The number of methoxy groups -OCH3 is 1. The van der Waals surface area contributed by atoms with Crippen LogP contribution in [0.2, 0.25) is 0 Å². The van der Waals surface area contributed by atoms with Gasteiger partial charge in [0.1, 0.15) is 0 Å². The molecule has 0 unspecified atom stereocenters. The zero-order valence-electron chi connectivity index (χ0n) is 10.6. The molecule has 2 aromatic carbocycles. The molecule has 0 fully saturated rings. The standard InChI is InChI=1S/C14H12F2N2O2/c1-20-14(19)9-3-2-4-12(13(9)17)18-8-5-6-10(15)11(16)7-8/h2-7,18H,17H2,1H3. The number of halogens is 2. The maximum Gasteiger partial charge on any atom is 0.340 e. The number of anilines is 3. The average Bonchev–Trinajstić information content (AvgIpc) is 2.44. The van der Waals surface area contributed by atoms with E-state index in [1.54, 1.807) is 12.1 Å². The summed E-state index contributed by atoms with van der Waals surface area (Å²) in [6.45, 7) is 0. The van der Waals surface area contributed by atoms with Crippen LogP contribution in [0.4, 0.5) is 25.8 Å². The zero-order chi connectivity index (χ0) is 14.7. The number of nitrogens with two attached hydrogens (primary N) is 1. The minimum absolute atomic E-state index is 0.170. The summed E-state index contributed by atoms with van der Waals surface area (Å²) in [6, 6.07) is 8.09. The second kappa shape index (κ2) is 5.56. The van der Waals surface area contributed by atoms with Crippen LogP contribution in [0, 0.1) is 11.6 Å². The van der Waals surface area contributed by atoms with Crippen molar-refractivity contribution in [1.82, 2.24) is 0 Å². The minimum atomic E-state index is -0.974. The SMILES string of the molecule is COC(=O)c1cccc(Nc2ccc(F)c(F)c2)c1N. The van der Waals surface area contributed by atoms with Gasteiger partial charge in [-0.3, -0.25) is 0 Å². The first-order chi connectivity index (χ1) is 9.52. The highest BCUT2D eigenvalue weighted by atomic mass is 19.2. The molecule has 6 heteroatoms. The van der Waals surface area contributed by atoms with Crippen molar-refractivity contribution in [3.05, 3.63) is 53.6 Å². The van der Waals surface area contributed by atoms with Crippen LogP contribution in [0.1, 0.15) is 10.4 Å². The molecule has 0 aliphatic carbocycles. The maximum absolute atomic E-state index is 13.1. The molecule has 0 amide bonds. The number of para-hydroxylation sites is 1. The Balaban J connectivity index is 2.34. The van der Waals surface area contributed by atoms with Gasteiger partial charge >= 0.3 is 5.97 Å². The summed E-state index contributed by atoms with van der Waals surface area (Å²) in [7, 11) is 1.25. The predicted molar refractivity (Wildman–Crippen MR) is 71.8 cm³/mol. The number of rotatable bonds is 3. The van der Waals surface area contributed by atoms with Crippen molar-refractivity contribution in [3.8, 4) is 0 Å². The lowest BCUT2D eigenvalue weighted by Crippen LogP contribution is -2.07. The topological polar surface area (TPSA) is 64.3 Å². The van der Waals surface area contributed by atoms with Gasteiger partial charge in [-0.2, -0.15) is 0 Å². The summed E-state index contributed by atoms with van der Waals surface area (Å²) in [4.78, 5) is 11.5. The van der Waals surface area contributed by atoms with Crippen molar-refractivity contribution in [2.45, 2.75) is 0 Å². The molecular formula is C14H12F2N2O2. The number of carbonyl (C=O) groups excluding carboxylic acids is 1. The fraction of sp³-hybridized carbons (Fsp3) is 0.0714. The van der Waals surface area contributed by atoms with E-state index in [9.17, 15) is 13.6 Å². The van der Waals surface area contributed by atoms with Gasteiger partial charge < -0.3 is 15.8 Å². The van der Waals surface area contributed by atoms with Gasteiger partial charge in [0.05, 0.1) is 24.0 Å². The first kappa shape index (κ1) is 13.8. The minimum Gasteiger partial charge on any atom is -0.465 e. The maximum atomic E-state index is 13.1. The predicted octanol–water partition coefficient (Wildman–Crippen LogP) is 3.08. The van der Waals surface area contributed by atoms with Crippen LogP contribution in [0.15, 0.2) is 36.4 Å².